The van der Waals surface area contributed by atoms with Crippen LogP contribution >= 0.6 is 0 Å². The number of esters is 1. The van der Waals surface area contributed by atoms with E-state index in [2.05, 4.69) is 5.32 Å². The number of hydrogen-bond donors (Lipinski definition) is 2. The minimum absolute atomic E-state index is 0.219. The van der Waals surface area contributed by atoms with Crippen molar-refractivity contribution in [2.45, 2.75) is 50.5 Å². The first-order chi connectivity index (χ1) is 8.15. The molecule has 0 atom stereocenters. The normalized spacial score (nSPS) is 27.4. The summed E-state index contributed by atoms with van der Waals surface area (Å²) in [6, 6.07) is 0. The van der Waals surface area contributed by atoms with Gasteiger partial charge in [0.05, 0.1) is 12.5 Å². The maximum Gasteiger partial charge on any atom is 0.314 e. The number of rotatable bonds is 2. The van der Waals surface area contributed by atoms with Crippen molar-refractivity contribution in [3.05, 3.63) is 0 Å². The van der Waals surface area contributed by atoms with Gasteiger partial charge >= 0.3 is 5.97 Å². The minimum Gasteiger partial charge on any atom is -0.469 e. The first kappa shape index (κ1) is 12.8. The number of aliphatic hydroxyl groups is 1. The highest BCUT2D eigenvalue weighted by atomic mass is 16.5. The summed E-state index contributed by atoms with van der Waals surface area (Å²) in [6.07, 6.45) is 7.10. The molecular weight excluding hydrogens is 218 g/mol. The highest BCUT2D eigenvalue weighted by Gasteiger charge is 2.58. The average Bonchev–Trinajstić information content (AvgIpc) is 2.25. The molecule has 1 saturated carbocycles. The number of β-amino-alcohol motifs (C(OH)–C–C–N with tert-alkyl or cyclic N) is 1. The van der Waals surface area contributed by atoms with Gasteiger partial charge in [-0.3, -0.25) is 4.79 Å². The number of nitrogens with one attached hydrogen (secondary N) is 1. The monoisotopic (exact) mass is 241 g/mol. The van der Waals surface area contributed by atoms with Gasteiger partial charge in [0.2, 0.25) is 0 Å². The summed E-state index contributed by atoms with van der Waals surface area (Å²) in [5.74, 6) is -0.219. The zero-order valence-corrected chi connectivity index (χ0v) is 10.6. The van der Waals surface area contributed by atoms with Gasteiger partial charge in [0.1, 0.15) is 5.60 Å². The molecule has 2 rings (SSSR count). The van der Waals surface area contributed by atoms with Crippen molar-refractivity contribution in [2.75, 3.05) is 20.2 Å². The lowest BCUT2D eigenvalue weighted by atomic mass is 9.62. The molecule has 0 aromatic heterocycles. The largest absolute Gasteiger partial charge is 0.469 e. The lowest BCUT2D eigenvalue weighted by molar-refractivity contribution is -0.185. The van der Waals surface area contributed by atoms with Crippen molar-refractivity contribution in [1.82, 2.24) is 5.32 Å². The van der Waals surface area contributed by atoms with E-state index in [-0.39, 0.29) is 5.97 Å². The molecule has 2 N–H and O–H groups in total. The van der Waals surface area contributed by atoms with Crippen molar-refractivity contribution in [3.8, 4) is 0 Å². The molecule has 98 valence electrons. The van der Waals surface area contributed by atoms with E-state index in [1.54, 1.807) is 0 Å². The second kappa shape index (κ2) is 4.94. The van der Waals surface area contributed by atoms with E-state index < -0.39 is 11.0 Å². The molecule has 2 fully saturated rings. The third kappa shape index (κ3) is 2.08. The van der Waals surface area contributed by atoms with E-state index in [0.29, 0.717) is 13.1 Å². The van der Waals surface area contributed by atoms with Crippen LogP contribution in [-0.4, -0.2) is 36.9 Å². The van der Waals surface area contributed by atoms with Gasteiger partial charge in [-0.1, -0.05) is 32.1 Å². The van der Waals surface area contributed by atoms with E-state index in [1.165, 1.54) is 13.5 Å². The number of carbonyl (C=O) groups is 1. The number of hydrogen-bond acceptors (Lipinski definition) is 4. The second-order valence-corrected chi connectivity index (χ2v) is 5.48. The fourth-order valence-corrected chi connectivity index (χ4v) is 3.26. The molecule has 4 nitrogen and oxygen atoms in total. The lowest BCUT2D eigenvalue weighted by Crippen LogP contribution is -2.70. The molecule has 2 aliphatic rings. The molecule has 0 bridgehead atoms. The summed E-state index contributed by atoms with van der Waals surface area (Å²) in [4.78, 5) is 12.2. The zero-order chi connectivity index (χ0) is 12.4. The second-order valence-electron chi connectivity index (χ2n) is 5.48. The van der Waals surface area contributed by atoms with Gasteiger partial charge in [-0.25, -0.2) is 0 Å². The summed E-state index contributed by atoms with van der Waals surface area (Å²) in [6.45, 7) is 1.03. The fourth-order valence-electron chi connectivity index (χ4n) is 3.26. The Morgan fingerprint density at radius 3 is 2.06 bits per heavy atom. The van der Waals surface area contributed by atoms with Gasteiger partial charge in [-0.2, -0.15) is 0 Å². The molecule has 1 saturated heterocycles. The van der Waals surface area contributed by atoms with Gasteiger partial charge in [0.15, 0.2) is 0 Å². The Labute approximate surface area is 103 Å². The van der Waals surface area contributed by atoms with Crippen LogP contribution in [-0.2, 0) is 9.53 Å². The summed E-state index contributed by atoms with van der Waals surface area (Å²) in [5.41, 5.74) is -1.56. The minimum atomic E-state index is -0.891. The highest BCUT2D eigenvalue weighted by Crippen LogP contribution is 2.46. The van der Waals surface area contributed by atoms with Crippen LogP contribution in [0.4, 0.5) is 0 Å². The third-order valence-electron chi connectivity index (χ3n) is 4.51. The van der Waals surface area contributed by atoms with Crippen molar-refractivity contribution in [2.24, 2.45) is 5.41 Å². The lowest BCUT2D eigenvalue weighted by Gasteiger charge is -2.51. The quantitative estimate of drug-likeness (QED) is 0.714. The number of carbonyl (C=O) groups excluding carboxylic acids is 1. The van der Waals surface area contributed by atoms with Gasteiger partial charge < -0.3 is 15.2 Å². The van der Waals surface area contributed by atoms with Crippen molar-refractivity contribution < 1.29 is 14.6 Å². The highest BCUT2D eigenvalue weighted by molar-refractivity contribution is 5.78. The number of ether oxygens (including phenoxy) is 1. The van der Waals surface area contributed by atoms with Crippen molar-refractivity contribution >= 4 is 5.97 Å². The van der Waals surface area contributed by atoms with Crippen LogP contribution in [0.5, 0.6) is 0 Å². The average molecular weight is 241 g/mol. The zero-order valence-electron chi connectivity index (χ0n) is 10.6. The number of methoxy groups -OCH3 is 1. The molecular formula is C13H23NO3. The molecule has 0 aromatic rings. The van der Waals surface area contributed by atoms with Gasteiger partial charge in [-0.15, -0.1) is 0 Å². The van der Waals surface area contributed by atoms with Crippen LogP contribution in [0, 0.1) is 5.41 Å². The Morgan fingerprint density at radius 2 is 1.65 bits per heavy atom. The summed E-state index contributed by atoms with van der Waals surface area (Å²) < 4.78 is 4.98. The molecule has 0 radical (unpaired) electrons. The molecule has 17 heavy (non-hydrogen) atoms. The predicted octanol–water partition coefficient (Wildman–Crippen LogP) is 1.22. The molecule has 4 heteroatoms. The summed E-state index contributed by atoms with van der Waals surface area (Å²) in [7, 11) is 1.43. The Morgan fingerprint density at radius 1 is 1.12 bits per heavy atom. The first-order valence-corrected chi connectivity index (χ1v) is 6.66. The molecule has 0 aromatic carbocycles. The molecule has 0 amide bonds. The Balaban J connectivity index is 2.23. The summed E-state index contributed by atoms with van der Waals surface area (Å²) >= 11 is 0. The molecule has 0 spiro atoms. The van der Waals surface area contributed by atoms with Crippen LogP contribution in [0.1, 0.15) is 44.9 Å². The standard InChI is InChI=1S/C13H23NO3/c1-17-11(15)12(13(16)9-14-10-13)7-5-3-2-4-6-8-12/h14,16H,2-10H2,1H3. The van der Waals surface area contributed by atoms with Gasteiger partial charge in [0.25, 0.3) is 0 Å². The summed E-state index contributed by atoms with van der Waals surface area (Å²) in [5, 5.41) is 13.7. The van der Waals surface area contributed by atoms with Crippen molar-refractivity contribution in [1.29, 1.82) is 0 Å². The fraction of sp³-hybridized carbons (Fsp3) is 0.923. The Kier molecular flexibility index (Phi) is 3.73. The van der Waals surface area contributed by atoms with E-state index in [1.807, 2.05) is 0 Å². The van der Waals surface area contributed by atoms with Gasteiger partial charge in [-0.05, 0) is 12.8 Å². The molecule has 1 aliphatic heterocycles. The molecule has 1 aliphatic carbocycles. The van der Waals surface area contributed by atoms with Crippen LogP contribution in [0.2, 0.25) is 0 Å². The van der Waals surface area contributed by atoms with E-state index >= 15 is 0 Å². The van der Waals surface area contributed by atoms with Gasteiger partial charge in [0, 0.05) is 13.1 Å². The maximum atomic E-state index is 12.2. The Hall–Kier alpha value is -0.610. The van der Waals surface area contributed by atoms with E-state index in [0.717, 1.165) is 38.5 Å². The molecule has 0 unspecified atom stereocenters. The smallest absolute Gasteiger partial charge is 0.314 e. The van der Waals surface area contributed by atoms with Crippen molar-refractivity contribution in [3.63, 3.8) is 0 Å². The van der Waals surface area contributed by atoms with Crippen LogP contribution in [0.3, 0.4) is 0 Å². The van der Waals surface area contributed by atoms with Crippen LogP contribution < -0.4 is 5.32 Å². The third-order valence-corrected chi connectivity index (χ3v) is 4.51. The first-order valence-electron chi connectivity index (χ1n) is 6.66. The van der Waals surface area contributed by atoms with E-state index in [4.69, 9.17) is 4.74 Å². The Bertz CT molecular complexity index is 278. The van der Waals surface area contributed by atoms with Crippen LogP contribution in [0.25, 0.3) is 0 Å². The molecule has 1 heterocycles. The topological polar surface area (TPSA) is 58.6 Å². The predicted molar refractivity (Wildman–Crippen MR) is 64.6 cm³/mol. The SMILES string of the molecule is COC(=O)C1(C2(O)CNC2)CCCCCCC1. The van der Waals surface area contributed by atoms with E-state index in [9.17, 15) is 9.90 Å². The maximum absolute atomic E-state index is 12.2. The van der Waals surface area contributed by atoms with Crippen LogP contribution in [0.15, 0.2) is 0 Å².